The standard InChI is InChI=1S/C14H15N3O3S/c1-10-13(6-3-7-16-10)14(18)17-9-11-4-2-5-12(8-11)21(15,19)20/h2-8H,9H2,1H3,(H,17,18)(H2,15,19,20). The molecule has 0 atom stereocenters. The summed E-state index contributed by atoms with van der Waals surface area (Å²) in [6, 6.07) is 9.50. The molecule has 0 unspecified atom stereocenters. The Balaban J connectivity index is 2.11. The number of carbonyl (C=O) groups excluding carboxylic acids is 1. The van der Waals surface area contributed by atoms with E-state index in [1.165, 1.54) is 12.1 Å². The Bertz CT molecular complexity index is 773. The molecule has 0 saturated heterocycles. The topological polar surface area (TPSA) is 102 Å². The minimum Gasteiger partial charge on any atom is -0.348 e. The Labute approximate surface area is 123 Å². The zero-order chi connectivity index (χ0) is 15.5. The SMILES string of the molecule is Cc1ncccc1C(=O)NCc1cccc(S(N)(=O)=O)c1. The van der Waals surface area contributed by atoms with Crippen molar-refractivity contribution in [1.82, 2.24) is 10.3 Å². The van der Waals surface area contributed by atoms with E-state index in [-0.39, 0.29) is 17.3 Å². The van der Waals surface area contributed by atoms with Gasteiger partial charge in [0.2, 0.25) is 10.0 Å². The predicted molar refractivity (Wildman–Crippen MR) is 78.0 cm³/mol. The average Bonchev–Trinajstić information content (AvgIpc) is 2.45. The maximum absolute atomic E-state index is 12.0. The number of hydrogen-bond acceptors (Lipinski definition) is 4. The summed E-state index contributed by atoms with van der Waals surface area (Å²) >= 11 is 0. The highest BCUT2D eigenvalue weighted by molar-refractivity contribution is 7.89. The number of nitrogens with zero attached hydrogens (tertiary/aromatic N) is 1. The van der Waals surface area contributed by atoms with Crippen LogP contribution in [-0.2, 0) is 16.6 Å². The van der Waals surface area contributed by atoms with E-state index in [0.29, 0.717) is 16.8 Å². The largest absolute Gasteiger partial charge is 0.348 e. The maximum atomic E-state index is 12.0. The van der Waals surface area contributed by atoms with Crippen molar-refractivity contribution in [3.05, 3.63) is 59.4 Å². The second kappa shape index (κ2) is 6.02. The third kappa shape index (κ3) is 3.87. The zero-order valence-corrected chi connectivity index (χ0v) is 12.2. The molecule has 0 saturated carbocycles. The van der Waals surface area contributed by atoms with Crippen molar-refractivity contribution in [3.8, 4) is 0 Å². The number of aromatic nitrogens is 1. The molecule has 2 rings (SSSR count). The molecule has 0 bridgehead atoms. The van der Waals surface area contributed by atoms with Gasteiger partial charge in [-0.25, -0.2) is 13.6 Å². The highest BCUT2D eigenvalue weighted by Crippen LogP contribution is 2.10. The number of aryl methyl sites for hydroxylation is 1. The number of nitrogens with two attached hydrogens (primary N) is 1. The van der Waals surface area contributed by atoms with Crippen LogP contribution in [0.1, 0.15) is 21.6 Å². The predicted octanol–water partition coefficient (Wildman–Crippen LogP) is 0.967. The lowest BCUT2D eigenvalue weighted by Gasteiger charge is -2.08. The molecule has 6 nitrogen and oxygen atoms in total. The van der Waals surface area contributed by atoms with Gasteiger partial charge in [-0.3, -0.25) is 9.78 Å². The number of hydrogen-bond donors (Lipinski definition) is 2. The van der Waals surface area contributed by atoms with Gasteiger partial charge in [-0.15, -0.1) is 0 Å². The van der Waals surface area contributed by atoms with Crippen LogP contribution in [0.2, 0.25) is 0 Å². The molecule has 1 aromatic carbocycles. The van der Waals surface area contributed by atoms with Crippen LogP contribution in [0, 0.1) is 6.92 Å². The molecule has 0 radical (unpaired) electrons. The Morgan fingerprint density at radius 3 is 2.71 bits per heavy atom. The molecule has 1 aromatic heterocycles. The third-order valence-corrected chi connectivity index (χ3v) is 3.84. The summed E-state index contributed by atoms with van der Waals surface area (Å²) in [6.45, 7) is 1.95. The normalized spacial score (nSPS) is 11.1. The van der Waals surface area contributed by atoms with E-state index < -0.39 is 10.0 Å². The van der Waals surface area contributed by atoms with Crippen LogP contribution in [0.5, 0.6) is 0 Å². The summed E-state index contributed by atoms with van der Waals surface area (Å²) < 4.78 is 22.5. The highest BCUT2D eigenvalue weighted by Gasteiger charge is 2.10. The summed E-state index contributed by atoms with van der Waals surface area (Å²) in [5, 5.41) is 7.79. The van der Waals surface area contributed by atoms with Gasteiger partial charge >= 0.3 is 0 Å². The fourth-order valence-electron chi connectivity index (χ4n) is 1.83. The van der Waals surface area contributed by atoms with Crippen LogP contribution in [-0.4, -0.2) is 19.3 Å². The summed E-state index contributed by atoms with van der Waals surface area (Å²) in [7, 11) is -3.75. The van der Waals surface area contributed by atoms with Crippen LogP contribution < -0.4 is 10.5 Å². The van der Waals surface area contributed by atoms with Gasteiger partial charge < -0.3 is 5.32 Å². The molecule has 2 aromatic rings. The molecular weight excluding hydrogens is 290 g/mol. The first-order valence-electron chi connectivity index (χ1n) is 6.19. The maximum Gasteiger partial charge on any atom is 0.253 e. The third-order valence-electron chi connectivity index (χ3n) is 2.93. The Morgan fingerprint density at radius 2 is 2.05 bits per heavy atom. The van der Waals surface area contributed by atoms with Gasteiger partial charge in [0.05, 0.1) is 10.5 Å². The number of benzene rings is 1. The van der Waals surface area contributed by atoms with Gasteiger partial charge in [-0.1, -0.05) is 12.1 Å². The van der Waals surface area contributed by atoms with Crippen LogP contribution in [0.4, 0.5) is 0 Å². The first kappa shape index (κ1) is 15.1. The van der Waals surface area contributed by atoms with Gasteiger partial charge in [0.15, 0.2) is 0 Å². The molecule has 1 heterocycles. The summed E-state index contributed by atoms with van der Waals surface area (Å²) in [6.07, 6.45) is 1.61. The van der Waals surface area contributed by atoms with Crippen LogP contribution in [0.25, 0.3) is 0 Å². The Kier molecular flexibility index (Phi) is 4.35. The highest BCUT2D eigenvalue weighted by atomic mass is 32.2. The molecule has 0 spiro atoms. The Hall–Kier alpha value is -2.25. The van der Waals surface area contributed by atoms with E-state index in [1.54, 1.807) is 37.4 Å². The second-order valence-electron chi connectivity index (χ2n) is 4.51. The van der Waals surface area contributed by atoms with Crippen molar-refractivity contribution in [1.29, 1.82) is 0 Å². The van der Waals surface area contributed by atoms with E-state index in [1.807, 2.05) is 0 Å². The quantitative estimate of drug-likeness (QED) is 0.878. The van der Waals surface area contributed by atoms with Gasteiger partial charge in [-0.05, 0) is 36.8 Å². The van der Waals surface area contributed by atoms with E-state index >= 15 is 0 Å². The summed E-state index contributed by atoms with van der Waals surface area (Å²) in [5.41, 5.74) is 1.77. The number of pyridine rings is 1. The van der Waals surface area contributed by atoms with Gasteiger partial charge in [0.25, 0.3) is 5.91 Å². The molecule has 1 amide bonds. The van der Waals surface area contributed by atoms with Crippen molar-refractivity contribution in [2.75, 3.05) is 0 Å². The molecule has 21 heavy (non-hydrogen) atoms. The van der Waals surface area contributed by atoms with Crippen LogP contribution in [0.3, 0.4) is 0 Å². The number of amides is 1. The first-order chi connectivity index (χ1) is 9.88. The van der Waals surface area contributed by atoms with Crippen molar-refractivity contribution >= 4 is 15.9 Å². The van der Waals surface area contributed by atoms with Gasteiger partial charge in [0, 0.05) is 18.4 Å². The molecule has 0 aliphatic carbocycles. The van der Waals surface area contributed by atoms with Crippen molar-refractivity contribution in [2.45, 2.75) is 18.4 Å². The molecule has 0 fully saturated rings. The molecular formula is C14H15N3O3S. The number of carbonyl (C=O) groups is 1. The summed E-state index contributed by atoms with van der Waals surface area (Å²) in [5.74, 6) is -0.262. The zero-order valence-electron chi connectivity index (χ0n) is 11.4. The van der Waals surface area contributed by atoms with Gasteiger partial charge in [0.1, 0.15) is 0 Å². The lowest BCUT2D eigenvalue weighted by Crippen LogP contribution is -2.24. The minimum atomic E-state index is -3.75. The molecule has 0 aliphatic rings. The van der Waals surface area contributed by atoms with E-state index in [2.05, 4.69) is 10.3 Å². The lowest BCUT2D eigenvalue weighted by molar-refractivity contribution is 0.0950. The average molecular weight is 305 g/mol. The molecule has 0 aliphatic heterocycles. The fourth-order valence-corrected chi connectivity index (χ4v) is 2.42. The van der Waals surface area contributed by atoms with Crippen molar-refractivity contribution < 1.29 is 13.2 Å². The minimum absolute atomic E-state index is 0.0202. The number of sulfonamides is 1. The molecule has 7 heteroatoms. The molecule has 3 N–H and O–H groups in total. The Morgan fingerprint density at radius 1 is 1.29 bits per heavy atom. The van der Waals surface area contributed by atoms with Crippen molar-refractivity contribution in [3.63, 3.8) is 0 Å². The lowest BCUT2D eigenvalue weighted by atomic mass is 10.2. The van der Waals surface area contributed by atoms with E-state index in [0.717, 1.165) is 0 Å². The fraction of sp³-hybridized carbons (Fsp3) is 0.143. The smallest absolute Gasteiger partial charge is 0.253 e. The summed E-state index contributed by atoms with van der Waals surface area (Å²) in [4.78, 5) is 16.1. The van der Waals surface area contributed by atoms with Gasteiger partial charge in [-0.2, -0.15) is 0 Å². The second-order valence-corrected chi connectivity index (χ2v) is 6.07. The van der Waals surface area contributed by atoms with E-state index in [4.69, 9.17) is 5.14 Å². The first-order valence-corrected chi connectivity index (χ1v) is 7.74. The number of primary sulfonamides is 1. The number of nitrogens with one attached hydrogen (secondary N) is 1. The molecule has 110 valence electrons. The number of rotatable bonds is 4. The van der Waals surface area contributed by atoms with Crippen molar-refractivity contribution in [2.24, 2.45) is 5.14 Å². The van der Waals surface area contributed by atoms with Crippen LogP contribution in [0.15, 0.2) is 47.5 Å². The van der Waals surface area contributed by atoms with E-state index in [9.17, 15) is 13.2 Å². The monoisotopic (exact) mass is 305 g/mol. The van der Waals surface area contributed by atoms with Crippen LogP contribution >= 0.6 is 0 Å².